The summed E-state index contributed by atoms with van der Waals surface area (Å²) in [4.78, 5) is 3.97. The average Bonchev–Trinajstić information content (AvgIpc) is 2.09. The highest BCUT2D eigenvalue weighted by Gasteiger charge is 2.01. The van der Waals surface area contributed by atoms with Crippen LogP contribution in [0.2, 0.25) is 0 Å². The zero-order valence-electron chi connectivity index (χ0n) is 7.66. The number of ether oxygens (including phenoxy) is 1. The van der Waals surface area contributed by atoms with Crippen molar-refractivity contribution in [2.24, 2.45) is 4.99 Å². The van der Waals surface area contributed by atoms with Crippen molar-refractivity contribution in [1.82, 2.24) is 0 Å². The van der Waals surface area contributed by atoms with Gasteiger partial charge in [-0.15, -0.1) is 0 Å². The first-order valence-corrected chi connectivity index (χ1v) is 3.85. The fraction of sp³-hybridized carbons (Fsp3) is 0.300. The fourth-order valence-corrected chi connectivity index (χ4v) is 1.13. The summed E-state index contributed by atoms with van der Waals surface area (Å²) >= 11 is 0. The maximum absolute atomic E-state index is 5.19. The van der Waals surface area contributed by atoms with Crippen molar-refractivity contribution in [1.29, 1.82) is 0 Å². The molecule has 2 nitrogen and oxygen atoms in total. The van der Waals surface area contributed by atoms with Crippen LogP contribution in [0.15, 0.2) is 23.2 Å². The summed E-state index contributed by atoms with van der Waals surface area (Å²) in [6.07, 6.45) is 1.81. The third kappa shape index (κ3) is 1.64. The van der Waals surface area contributed by atoms with Gasteiger partial charge in [0.2, 0.25) is 0 Å². The number of aliphatic imine (C=N–C) groups is 1. The molecule has 0 radical (unpaired) electrons. The molecule has 1 aromatic rings. The van der Waals surface area contributed by atoms with Crippen LogP contribution in [0.4, 0.5) is 0 Å². The first kappa shape index (κ1) is 8.78. The standard InChI is InChI=1S/C10H13NO/c1-8-5-4-6-10(12-3)9(8)7-11-2/h4-7H,1-3H3/b11-7+. The minimum absolute atomic E-state index is 0.876. The van der Waals surface area contributed by atoms with Crippen molar-refractivity contribution in [2.45, 2.75) is 6.92 Å². The Kier molecular flexibility index (Phi) is 2.86. The van der Waals surface area contributed by atoms with Gasteiger partial charge in [0.1, 0.15) is 5.75 Å². The molecular formula is C10H13NO. The summed E-state index contributed by atoms with van der Waals surface area (Å²) < 4.78 is 5.19. The molecule has 0 amide bonds. The van der Waals surface area contributed by atoms with Crippen LogP contribution >= 0.6 is 0 Å². The molecule has 0 saturated heterocycles. The Morgan fingerprint density at radius 2 is 2.17 bits per heavy atom. The van der Waals surface area contributed by atoms with E-state index in [0.29, 0.717) is 0 Å². The molecule has 0 N–H and O–H groups in total. The van der Waals surface area contributed by atoms with Gasteiger partial charge in [0, 0.05) is 18.8 Å². The van der Waals surface area contributed by atoms with Gasteiger partial charge in [-0.05, 0) is 18.6 Å². The van der Waals surface area contributed by atoms with Gasteiger partial charge < -0.3 is 4.74 Å². The molecule has 0 aromatic heterocycles. The summed E-state index contributed by atoms with van der Waals surface area (Å²) in [5.41, 5.74) is 2.24. The smallest absolute Gasteiger partial charge is 0.127 e. The second-order valence-electron chi connectivity index (χ2n) is 2.58. The molecule has 12 heavy (non-hydrogen) atoms. The maximum atomic E-state index is 5.19. The molecule has 0 aliphatic carbocycles. The van der Waals surface area contributed by atoms with E-state index < -0.39 is 0 Å². The van der Waals surface area contributed by atoms with Crippen molar-refractivity contribution < 1.29 is 4.74 Å². The topological polar surface area (TPSA) is 21.6 Å². The van der Waals surface area contributed by atoms with Gasteiger partial charge in [0.05, 0.1) is 7.11 Å². The fourth-order valence-electron chi connectivity index (χ4n) is 1.13. The number of hydrogen-bond acceptors (Lipinski definition) is 2. The SMILES string of the molecule is C/N=C/c1c(C)cccc1OC. The minimum Gasteiger partial charge on any atom is -0.496 e. The number of nitrogens with zero attached hydrogens (tertiary/aromatic N) is 1. The van der Waals surface area contributed by atoms with Gasteiger partial charge >= 0.3 is 0 Å². The van der Waals surface area contributed by atoms with E-state index in [9.17, 15) is 0 Å². The molecule has 0 aliphatic heterocycles. The van der Waals surface area contributed by atoms with Crippen LogP contribution in [-0.2, 0) is 0 Å². The highest BCUT2D eigenvalue weighted by molar-refractivity contribution is 5.85. The van der Waals surface area contributed by atoms with Crippen LogP contribution in [0.25, 0.3) is 0 Å². The summed E-state index contributed by atoms with van der Waals surface area (Å²) in [5, 5.41) is 0. The zero-order chi connectivity index (χ0) is 8.97. The van der Waals surface area contributed by atoms with Crippen LogP contribution < -0.4 is 4.74 Å². The minimum atomic E-state index is 0.876. The summed E-state index contributed by atoms with van der Waals surface area (Å²) in [5.74, 6) is 0.876. The normalized spacial score (nSPS) is 10.6. The molecule has 0 bridgehead atoms. The number of methoxy groups -OCH3 is 1. The van der Waals surface area contributed by atoms with Gasteiger partial charge in [-0.1, -0.05) is 12.1 Å². The molecule has 0 atom stereocenters. The van der Waals surface area contributed by atoms with E-state index >= 15 is 0 Å². The third-order valence-electron chi connectivity index (χ3n) is 1.76. The lowest BCUT2D eigenvalue weighted by molar-refractivity contribution is 0.414. The molecule has 0 fully saturated rings. The van der Waals surface area contributed by atoms with E-state index in [4.69, 9.17) is 4.74 Å². The Labute approximate surface area is 72.9 Å². The van der Waals surface area contributed by atoms with E-state index in [-0.39, 0.29) is 0 Å². The Hall–Kier alpha value is -1.31. The van der Waals surface area contributed by atoms with Crippen LogP contribution in [0, 0.1) is 6.92 Å². The molecule has 64 valence electrons. The largest absolute Gasteiger partial charge is 0.496 e. The Morgan fingerprint density at radius 1 is 1.42 bits per heavy atom. The van der Waals surface area contributed by atoms with Gasteiger partial charge in [-0.25, -0.2) is 0 Å². The third-order valence-corrected chi connectivity index (χ3v) is 1.76. The lowest BCUT2D eigenvalue weighted by atomic mass is 10.1. The van der Waals surface area contributed by atoms with E-state index in [1.54, 1.807) is 14.2 Å². The first-order valence-electron chi connectivity index (χ1n) is 3.85. The van der Waals surface area contributed by atoms with Crippen LogP contribution in [0.1, 0.15) is 11.1 Å². The Balaban J connectivity index is 3.19. The Bertz CT molecular complexity index is 292. The van der Waals surface area contributed by atoms with E-state index in [2.05, 4.69) is 4.99 Å². The second-order valence-corrected chi connectivity index (χ2v) is 2.58. The van der Waals surface area contributed by atoms with Crippen molar-refractivity contribution >= 4 is 6.21 Å². The van der Waals surface area contributed by atoms with E-state index in [1.165, 1.54) is 5.56 Å². The zero-order valence-corrected chi connectivity index (χ0v) is 7.66. The van der Waals surface area contributed by atoms with Crippen LogP contribution in [0.5, 0.6) is 5.75 Å². The lowest BCUT2D eigenvalue weighted by Crippen LogP contribution is -1.93. The quantitative estimate of drug-likeness (QED) is 0.611. The molecule has 0 unspecified atom stereocenters. The van der Waals surface area contributed by atoms with Gasteiger partial charge in [0.25, 0.3) is 0 Å². The predicted molar refractivity (Wildman–Crippen MR) is 51.2 cm³/mol. The van der Waals surface area contributed by atoms with Gasteiger partial charge in [-0.3, -0.25) is 4.99 Å². The highest BCUT2D eigenvalue weighted by Crippen LogP contribution is 2.19. The molecule has 0 spiro atoms. The molecule has 0 saturated carbocycles. The van der Waals surface area contributed by atoms with Crippen molar-refractivity contribution in [3.63, 3.8) is 0 Å². The van der Waals surface area contributed by atoms with Crippen LogP contribution in [-0.4, -0.2) is 20.4 Å². The lowest BCUT2D eigenvalue weighted by Gasteiger charge is -2.05. The Morgan fingerprint density at radius 3 is 2.75 bits per heavy atom. The molecule has 1 rings (SSSR count). The van der Waals surface area contributed by atoms with Crippen molar-refractivity contribution in [3.8, 4) is 5.75 Å². The van der Waals surface area contributed by atoms with E-state index in [0.717, 1.165) is 11.3 Å². The van der Waals surface area contributed by atoms with Gasteiger partial charge in [0.15, 0.2) is 0 Å². The molecular weight excluding hydrogens is 150 g/mol. The van der Waals surface area contributed by atoms with Crippen molar-refractivity contribution in [2.75, 3.05) is 14.2 Å². The first-order chi connectivity index (χ1) is 5.79. The summed E-state index contributed by atoms with van der Waals surface area (Å²) in [6, 6.07) is 5.95. The van der Waals surface area contributed by atoms with Gasteiger partial charge in [-0.2, -0.15) is 0 Å². The monoisotopic (exact) mass is 163 g/mol. The molecule has 0 aliphatic rings. The molecule has 2 heteroatoms. The van der Waals surface area contributed by atoms with Crippen LogP contribution in [0.3, 0.4) is 0 Å². The number of hydrogen-bond donors (Lipinski definition) is 0. The highest BCUT2D eigenvalue weighted by atomic mass is 16.5. The number of aryl methyl sites for hydroxylation is 1. The number of benzene rings is 1. The maximum Gasteiger partial charge on any atom is 0.127 e. The van der Waals surface area contributed by atoms with Crippen molar-refractivity contribution in [3.05, 3.63) is 29.3 Å². The summed E-state index contributed by atoms with van der Waals surface area (Å²) in [7, 11) is 3.42. The second kappa shape index (κ2) is 3.90. The summed E-state index contributed by atoms with van der Waals surface area (Å²) in [6.45, 7) is 2.04. The average molecular weight is 163 g/mol. The number of rotatable bonds is 2. The molecule has 0 heterocycles. The predicted octanol–water partition coefficient (Wildman–Crippen LogP) is 2.05. The van der Waals surface area contributed by atoms with E-state index in [1.807, 2.05) is 31.3 Å². The molecule has 1 aromatic carbocycles.